The van der Waals surface area contributed by atoms with Crippen LogP contribution in [0.4, 0.5) is 15.8 Å². The molecule has 0 fully saturated rings. The van der Waals surface area contributed by atoms with Crippen LogP contribution in [0.1, 0.15) is 34.5 Å². The third-order valence-electron chi connectivity index (χ3n) is 5.20. The summed E-state index contributed by atoms with van der Waals surface area (Å²) in [4.78, 5) is 25.8. The Labute approximate surface area is 188 Å². The minimum absolute atomic E-state index is 0.0198. The summed E-state index contributed by atoms with van der Waals surface area (Å²) in [5, 5.41) is 24.7. The van der Waals surface area contributed by atoms with E-state index in [-0.39, 0.29) is 48.6 Å². The van der Waals surface area contributed by atoms with Gasteiger partial charge in [-0.05, 0) is 48.7 Å². The van der Waals surface area contributed by atoms with E-state index in [0.29, 0.717) is 23.0 Å². The van der Waals surface area contributed by atoms with Crippen molar-refractivity contribution < 1.29 is 24.2 Å². The fraction of sp³-hybridized carbons (Fsp3) is 0.333. The van der Waals surface area contributed by atoms with Crippen LogP contribution in [0.25, 0.3) is 0 Å². The number of carboxylic acids is 1. The first-order valence-corrected chi connectivity index (χ1v) is 10.4. The second kappa shape index (κ2) is 9.72. The lowest BCUT2D eigenvalue weighted by Crippen LogP contribution is -2.42. The second-order valence-corrected chi connectivity index (χ2v) is 8.00. The van der Waals surface area contributed by atoms with Crippen LogP contribution in [-0.2, 0) is 11.2 Å². The molecule has 3 rings (SSSR count). The number of benzene rings is 2. The molecule has 10 heteroatoms. The highest BCUT2D eigenvalue weighted by atomic mass is 35.5. The molecule has 1 heterocycles. The zero-order valence-corrected chi connectivity index (χ0v) is 18.2. The number of halogens is 3. The van der Waals surface area contributed by atoms with Gasteiger partial charge in [-0.3, -0.25) is 4.79 Å². The van der Waals surface area contributed by atoms with Crippen molar-refractivity contribution in [3.8, 4) is 0 Å². The van der Waals surface area contributed by atoms with Gasteiger partial charge in [0, 0.05) is 23.1 Å². The molecule has 1 amide bonds. The zero-order valence-electron chi connectivity index (χ0n) is 16.7. The number of nitrogens with zero attached hydrogens (tertiary/aromatic N) is 1. The van der Waals surface area contributed by atoms with Gasteiger partial charge >= 0.3 is 5.97 Å². The lowest BCUT2D eigenvalue weighted by molar-refractivity contribution is -0.131. The van der Waals surface area contributed by atoms with Crippen LogP contribution in [0.3, 0.4) is 0 Å². The summed E-state index contributed by atoms with van der Waals surface area (Å²) < 4.78 is 14.4. The Morgan fingerprint density at radius 3 is 2.61 bits per heavy atom. The van der Waals surface area contributed by atoms with Crippen molar-refractivity contribution in [2.75, 3.05) is 36.9 Å². The van der Waals surface area contributed by atoms with Crippen LogP contribution in [0.5, 0.6) is 0 Å². The molecule has 0 radical (unpaired) electrons. The molecule has 1 unspecified atom stereocenters. The first kappa shape index (κ1) is 23.1. The first-order chi connectivity index (χ1) is 14.7. The number of carbonyl (C=O) groups excluding carboxylic acids is 1. The second-order valence-electron chi connectivity index (χ2n) is 7.16. The zero-order chi connectivity index (χ0) is 22.7. The van der Waals surface area contributed by atoms with Gasteiger partial charge in [0.2, 0.25) is 5.91 Å². The van der Waals surface area contributed by atoms with Gasteiger partial charge in [0.25, 0.3) is 0 Å². The molecule has 4 N–H and O–H groups in total. The maximum Gasteiger partial charge on any atom is 0.337 e. The van der Waals surface area contributed by atoms with Crippen LogP contribution in [0.2, 0.25) is 10.0 Å². The number of carboxylic acid groups (broad SMARTS) is 1. The lowest BCUT2D eigenvalue weighted by atomic mass is 9.93. The van der Waals surface area contributed by atoms with E-state index < -0.39 is 11.8 Å². The summed E-state index contributed by atoms with van der Waals surface area (Å²) >= 11 is 12.4. The van der Waals surface area contributed by atoms with Crippen LogP contribution in [0, 0.1) is 5.82 Å². The highest BCUT2D eigenvalue weighted by molar-refractivity contribution is 6.35. The van der Waals surface area contributed by atoms with Gasteiger partial charge in [0.05, 0.1) is 36.1 Å². The van der Waals surface area contributed by atoms with Gasteiger partial charge < -0.3 is 25.7 Å². The monoisotopic (exact) mass is 469 g/mol. The molecule has 0 bridgehead atoms. The van der Waals surface area contributed by atoms with Gasteiger partial charge in [0.1, 0.15) is 5.82 Å². The first-order valence-electron chi connectivity index (χ1n) is 9.65. The summed E-state index contributed by atoms with van der Waals surface area (Å²) in [6.07, 6.45) is 0.600. The summed E-state index contributed by atoms with van der Waals surface area (Å²) in [6, 6.07) is 5.36. The number of aliphatic hydroxyl groups excluding tert-OH is 1. The predicted octanol–water partition coefficient (Wildman–Crippen LogP) is 3.79. The fourth-order valence-electron chi connectivity index (χ4n) is 3.74. The molecule has 0 aromatic heterocycles. The topological polar surface area (TPSA) is 102 Å². The van der Waals surface area contributed by atoms with Crippen molar-refractivity contribution in [1.29, 1.82) is 0 Å². The van der Waals surface area contributed by atoms with Crippen molar-refractivity contribution in [2.45, 2.75) is 19.4 Å². The Hall–Kier alpha value is -2.55. The minimum Gasteiger partial charge on any atom is -0.478 e. The number of anilines is 2. The Morgan fingerprint density at radius 1 is 1.19 bits per heavy atom. The van der Waals surface area contributed by atoms with Crippen molar-refractivity contribution in [3.63, 3.8) is 0 Å². The van der Waals surface area contributed by atoms with Crippen molar-refractivity contribution in [1.82, 2.24) is 4.90 Å². The van der Waals surface area contributed by atoms with Gasteiger partial charge in [-0.2, -0.15) is 0 Å². The number of aliphatic hydroxyl groups is 1. The molecule has 166 valence electrons. The van der Waals surface area contributed by atoms with E-state index >= 15 is 0 Å². The Kier molecular flexibility index (Phi) is 7.25. The lowest BCUT2D eigenvalue weighted by Gasteiger charge is -2.36. The number of aromatic carboxylic acids is 1. The molecule has 1 atom stereocenters. The van der Waals surface area contributed by atoms with Gasteiger partial charge in [-0.25, -0.2) is 9.18 Å². The summed E-state index contributed by atoms with van der Waals surface area (Å²) in [5.41, 5.74) is 1.70. The van der Waals surface area contributed by atoms with E-state index in [1.165, 1.54) is 6.07 Å². The average molecular weight is 470 g/mol. The van der Waals surface area contributed by atoms with E-state index in [1.54, 1.807) is 11.0 Å². The maximum atomic E-state index is 14.4. The summed E-state index contributed by atoms with van der Waals surface area (Å²) in [5.74, 6) is -2.36. The quantitative estimate of drug-likeness (QED) is 0.491. The number of rotatable bonds is 7. The Bertz CT molecular complexity index is 1020. The molecule has 0 saturated carbocycles. The van der Waals surface area contributed by atoms with Crippen LogP contribution < -0.4 is 10.6 Å². The maximum absolute atomic E-state index is 14.4. The molecule has 0 saturated heterocycles. The molecule has 0 aliphatic carbocycles. The molecule has 2 aromatic rings. The molecule has 2 aromatic carbocycles. The number of hydrogen-bond donors (Lipinski definition) is 4. The minimum atomic E-state index is -1.31. The van der Waals surface area contributed by atoms with E-state index in [1.807, 2.05) is 13.0 Å². The molecule has 0 spiro atoms. The SMILES string of the molecule is CC1c2c(Cl)cc(Cl)cc2CCN1C(=O)CNc1cc(NCCO)c(C(=O)O)cc1F. The van der Waals surface area contributed by atoms with E-state index in [4.69, 9.17) is 28.3 Å². The predicted molar refractivity (Wildman–Crippen MR) is 118 cm³/mol. The van der Waals surface area contributed by atoms with Crippen LogP contribution >= 0.6 is 23.2 Å². The molecule has 1 aliphatic rings. The van der Waals surface area contributed by atoms with Crippen molar-refractivity contribution in [3.05, 3.63) is 56.8 Å². The number of hydrogen-bond acceptors (Lipinski definition) is 5. The van der Waals surface area contributed by atoms with Crippen LogP contribution in [0.15, 0.2) is 24.3 Å². The smallest absolute Gasteiger partial charge is 0.337 e. The van der Waals surface area contributed by atoms with Gasteiger partial charge in [-0.1, -0.05) is 23.2 Å². The summed E-state index contributed by atoms with van der Waals surface area (Å²) in [7, 11) is 0. The molecular formula is C21H22Cl2FN3O4. The molecule has 1 aliphatic heterocycles. The van der Waals surface area contributed by atoms with Gasteiger partial charge in [-0.15, -0.1) is 0 Å². The fourth-order valence-corrected chi connectivity index (χ4v) is 4.43. The molecule has 7 nitrogen and oxygen atoms in total. The van der Waals surface area contributed by atoms with E-state index in [2.05, 4.69) is 10.6 Å². The highest BCUT2D eigenvalue weighted by Gasteiger charge is 2.29. The number of carbonyl (C=O) groups is 2. The van der Waals surface area contributed by atoms with Gasteiger partial charge in [0.15, 0.2) is 0 Å². The average Bonchev–Trinajstić information content (AvgIpc) is 2.71. The van der Waals surface area contributed by atoms with Crippen molar-refractivity contribution in [2.24, 2.45) is 0 Å². The molecular weight excluding hydrogens is 448 g/mol. The standard InChI is InChI=1S/C21H22Cl2FN3O4/c1-11-20-12(6-13(22)7-15(20)23)2-4-27(11)19(29)10-26-18-9-17(25-3-5-28)14(21(30)31)8-16(18)24/h6-9,11,25-26,28H,2-5,10H2,1H3,(H,30,31). The normalized spacial score (nSPS) is 15.4. The number of fused-ring (bicyclic) bond motifs is 1. The third-order valence-corrected chi connectivity index (χ3v) is 5.73. The highest BCUT2D eigenvalue weighted by Crippen LogP contribution is 2.37. The Balaban J connectivity index is 1.75. The number of nitrogens with one attached hydrogen (secondary N) is 2. The Morgan fingerprint density at radius 2 is 1.94 bits per heavy atom. The third kappa shape index (κ3) is 5.03. The molecule has 31 heavy (non-hydrogen) atoms. The van der Waals surface area contributed by atoms with Crippen LogP contribution in [-0.4, -0.2) is 53.2 Å². The van der Waals surface area contributed by atoms with E-state index in [0.717, 1.165) is 17.2 Å². The largest absolute Gasteiger partial charge is 0.478 e. The van der Waals surface area contributed by atoms with E-state index in [9.17, 15) is 19.1 Å². The number of amides is 1. The van der Waals surface area contributed by atoms with Crippen molar-refractivity contribution >= 4 is 46.5 Å². The summed E-state index contributed by atoms with van der Waals surface area (Å²) in [6.45, 7) is 2.02.